The molecule has 4 atom stereocenters. The molecule has 1 aliphatic rings. The van der Waals surface area contributed by atoms with E-state index in [1.54, 1.807) is 0 Å². The number of aliphatic carboxylic acids is 1. The van der Waals surface area contributed by atoms with Crippen LogP contribution in [0.25, 0.3) is 0 Å². The van der Waals surface area contributed by atoms with Crippen molar-refractivity contribution in [3.8, 4) is 0 Å². The van der Waals surface area contributed by atoms with E-state index in [0.29, 0.717) is 0 Å². The molecular formula is C10H19O10P. The van der Waals surface area contributed by atoms with Gasteiger partial charge in [-0.15, -0.1) is 0 Å². The highest BCUT2D eigenvalue weighted by Gasteiger charge is 2.51. The van der Waals surface area contributed by atoms with E-state index in [2.05, 4.69) is 4.52 Å². The van der Waals surface area contributed by atoms with Gasteiger partial charge in [0.25, 0.3) is 5.79 Å². The summed E-state index contributed by atoms with van der Waals surface area (Å²) in [6.07, 6.45) is -4.52. The summed E-state index contributed by atoms with van der Waals surface area (Å²) in [4.78, 5) is 29.1. The number of ether oxygens (including phenoxy) is 2. The number of phosphoric acid groups is 1. The molecule has 0 amide bonds. The number of rotatable bonds is 7. The second-order valence-corrected chi connectivity index (χ2v) is 5.75. The maximum absolute atomic E-state index is 11.4. The third kappa shape index (κ3) is 4.97. The lowest BCUT2D eigenvalue weighted by atomic mass is 9.95. The van der Waals surface area contributed by atoms with Crippen LogP contribution < -0.4 is 0 Å². The first-order valence-corrected chi connectivity index (χ1v) is 7.74. The molecule has 21 heavy (non-hydrogen) atoms. The zero-order valence-corrected chi connectivity index (χ0v) is 12.2. The Labute approximate surface area is 120 Å². The Morgan fingerprint density at radius 2 is 2.14 bits per heavy atom. The van der Waals surface area contributed by atoms with E-state index in [-0.39, 0.29) is 13.0 Å². The molecule has 5 N–H and O–H groups in total. The molecule has 10 nitrogen and oxygen atoms in total. The number of aliphatic hydroxyl groups is 2. The van der Waals surface area contributed by atoms with Gasteiger partial charge in [-0.1, -0.05) is 0 Å². The summed E-state index contributed by atoms with van der Waals surface area (Å²) in [5, 5.41) is 27.8. The average molecular weight is 330 g/mol. The summed E-state index contributed by atoms with van der Waals surface area (Å²) in [5.74, 6) is -3.72. The molecule has 0 saturated carbocycles. The summed E-state index contributed by atoms with van der Waals surface area (Å²) >= 11 is 0. The molecule has 1 saturated heterocycles. The van der Waals surface area contributed by atoms with Gasteiger partial charge >= 0.3 is 13.8 Å². The first kappa shape index (κ1) is 18.5. The summed E-state index contributed by atoms with van der Waals surface area (Å²) in [5.41, 5.74) is 0. The summed E-state index contributed by atoms with van der Waals surface area (Å²) in [6.45, 7) is 0.755. The van der Waals surface area contributed by atoms with Crippen molar-refractivity contribution >= 4 is 13.8 Å². The summed E-state index contributed by atoms with van der Waals surface area (Å²) in [6, 6.07) is 0. The molecule has 0 aromatic carbocycles. The number of carboxylic acid groups (broad SMARTS) is 1. The SMILES string of the molecule is CCO[C@]1(C(=O)O)CC(OP(=O)(O)O)CC([C@H](O)CO)O1. The highest BCUT2D eigenvalue weighted by molar-refractivity contribution is 7.46. The van der Waals surface area contributed by atoms with E-state index < -0.39 is 50.9 Å². The number of carboxylic acids is 1. The molecule has 1 aliphatic heterocycles. The Hall–Kier alpha value is -0.580. The minimum Gasteiger partial charge on any atom is -0.477 e. The predicted octanol–water partition coefficient (Wildman–Crippen LogP) is -1.19. The molecule has 0 aromatic rings. The monoisotopic (exact) mass is 330 g/mol. The number of carbonyl (C=O) groups is 1. The van der Waals surface area contributed by atoms with E-state index >= 15 is 0 Å². The topological polar surface area (TPSA) is 163 Å². The Bertz CT molecular complexity index is 409. The first-order valence-electron chi connectivity index (χ1n) is 6.21. The summed E-state index contributed by atoms with van der Waals surface area (Å²) in [7, 11) is -4.85. The van der Waals surface area contributed by atoms with E-state index in [0.717, 1.165) is 0 Å². The van der Waals surface area contributed by atoms with Gasteiger partial charge in [0.2, 0.25) is 0 Å². The molecule has 1 fully saturated rings. The lowest BCUT2D eigenvalue weighted by Crippen LogP contribution is -2.56. The quantitative estimate of drug-likeness (QED) is 0.359. The second-order valence-electron chi connectivity index (χ2n) is 4.56. The number of hydrogen-bond acceptors (Lipinski definition) is 7. The molecule has 0 aromatic heterocycles. The van der Waals surface area contributed by atoms with Crippen molar-refractivity contribution in [2.45, 2.75) is 43.9 Å². The lowest BCUT2D eigenvalue weighted by molar-refractivity contribution is -0.299. The van der Waals surface area contributed by atoms with Gasteiger partial charge < -0.3 is 34.6 Å². The number of hydrogen-bond donors (Lipinski definition) is 5. The van der Waals surface area contributed by atoms with Crippen molar-refractivity contribution in [2.24, 2.45) is 0 Å². The maximum atomic E-state index is 11.4. The van der Waals surface area contributed by atoms with E-state index in [1.807, 2.05) is 0 Å². The zero-order valence-electron chi connectivity index (χ0n) is 11.3. The van der Waals surface area contributed by atoms with Gasteiger partial charge in [0.1, 0.15) is 6.10 Å². The van der Waals surface area contributed by atoms with Crippen LogP contribution in [0.4, 0.5) is 0 Å². The van der Waals surface area contributed by atoms with E-state index in [9.17, 15) is 19.6 Å². The van der Waals surface area contributed by atoms with Gasteiger partial charge in [0.05, 0.1) is 18.8 Å². The van der Waals surface area contributed by atoms with Gasteiger partial charge in [-0.25, -0.2) is 9.36 Å². The molecule has 11 heteroatoms. The van der Waals surface area contributed by atoms with Crippen LogP contribution in [0.1, 0.15) is 19.8 Å². The van der Waals surface area contributed by atoms with Crippen LogP contribution in [0, 0.1) is 0 Å². The molecule has 1 heterocycles. The molecule has 124 valence electrons. The zero-order chi connectivity index (χ0) is 16.3. The molecule has 0 bridgehead atoms. The first-order chi connectivity index (χ1) is 9.63. The fraction of sp³-hybridized carbons (Fsp3) is 0.900. The normalized spacial score (nSPS) is 31.9. The lowest BCUT2D eigenvalue weighted by Gasteiger charge is -2.42. The predicted molar refractivity (Wildman–Crippen MR) is 66.1 cm³/mol. The minimum atomic E-state index is -4.85. The van der Waals surface area contributed by atoms with Gasteiger partial charge in [-0.3, -0.25) is 4.52 Å². The molecule has 1 rings (SSSR count). The van der Waals surface area contributed by atoms with Crippen molar-refractivity contribution in [1.82, 2.24) is 0 Å². The third-order valence-corrected chi connectivity index (χ3v) is 3.51. The largest absolute Gasteiger partial charge is 0.477 e. The van der Waals surface area contributed by atoms with Crippen molar-refractivity contribution in [1.29, 1.82) is 0 Å². The second kappa shape index (κ2) is 7.12. The fourth-order valence-electron chi connectivity index (χ4n) is 2.14. The Morgan fingerprint density at radius 3 is 2.57 bits per heavy atom. The molecule has 2 unspecified atom stereocenters. The van der Waals surface area contributed by atoms with Crippen molar-refractivity contribution in [2.75, 3.05) is 13.2 Å². The Balaban J connectivity index is 3.02. The molecule has 0 spiro atoms. The Morgan fingerprint density at radius 1 is 1.52 bits per heavy atom. The Kier molecular flexibility index (Phi) is 6.26. The minimum absolute atomic E-state index is 0.0448. The van der Waals surface area contributed by atoms with Crippen LogP contribution in [0.3, 0.4) is 0 Å². The van der Waals surface area contributed by atoms with Gasteiger partial charge in [0, 0.05) is 19.4 Å². The molecular weight excluding hydrogens is 311 g/mol. The maximum Gasteiger partial charge on any atom is 0.469 e. The van der Waals surface area contributed by atoms with Crippen LogP contribution in [0.5, 0.6) is 0 Å². The van der Waals surface area contributed by atoms with Crippen molar-refractivity contribution in [3.05, 3.63) is 0 Å². The van der Waals surface area contributed by atoms with Gasteiger partial charge in [-0.2, -0.15) is 0 Å². The van der Waals surface area contributed by atoms with E-state index in [1.165, 1.54) is 6.92 Å². The molecule has 0 radical (unpaired) electrons. The van der Waals surface area contributed by atoms with E-state index in [4.69, 9.17) is 24.4 Å². The summed E-state index contributed by atoms with van der Waals surface area (Å²) < 4.78 is 25.7. The van der Waals surface area contributed by atoms with Crippen LogP contribution in [0.15, 0.2) is 0 Å². The number of phosphoric ester groups is 1. The smallest absolute Gasteiger partial charge is 0.469 e. The van der Waals surface area contributed by atoms with Crippen LogP contribution >= 0.6 is 7.82 Å². The number of aliphatic hydroxyl groups excluding tert-OH is 2. The third-order valence-electron chi connectivity index (χ3n) is 2.94. The highest BCUT2D eigenvalue weighted by atomic mass is 31.2. The molecule has 0 aliphatic carbocycles. The van der Waals surface area contributed by atoms with Crippen LogP contribution in [0.2, 0.25) is 0 Å². The standard InChI is InChI=1S/C10H19O10P/c1-2-18-10(9(13)14)4-6(20-21(15,16)17)3-8(19-10)7(12)5-11/h6-8,11-12H,2-5H2,1H3,(H,13,14)(H2,15,16,17)/t6?,7-,8?,10-/m1/s1. The van der Waals surface area contributed by atoms with Crippen LogP contribution in [-0.4, -0.2) is 68.4 Å². The van der Waals surface area contributed by atoms with Crippen molar-refractivity contribution < 1.29 is 48.5 Å². The average Bonchev–Trinajstić information content (AvgIpc) is 2.35. The highest BCUT2D eigenvalue weighted by Crippen LogP contribution is 2.43. The van der Waals surface area contributed by atoms with Crippen LogP contribution in [-0.2, 0) is 23.4 Å². The van der Waals surface area contributed by atoms with Crippen molar-refractivity contribution in [3.63, 3.8) is 0 Å². The van der Waals surface area contributed by atoms with Gasteiger partial charge in [-0.05, 0) is 6.92 Å². The van der Waals surface area contributed by atoms with Gasteiger partial charge in [0.15, 0.2) is 0 Å². The fourth-order valence-corrected chi connectivity index (χ4v) is 2.69.